The van der Waals surface area contributed by atoms with Crippen LogP contribution in [-0.2, 0) is 4.79 Å². The SMILES string of the molecule is CC1NCCC1C(=O)NC1(CO)CC1. The predicted molar refractivity (Wildman–Crippen MR) is 52.8 cm³/mol. The molecule has 80 valence electrons. The van der Waals surface area contributed by atoms with Crippen LogP contribution in [0.5, 0.6) is 0 Å². The Morgan fingerprint density at radius 3 is 2.79 bits per heavy atom. The minimum absolute atomic E-state index is 0.0767. The van der Waals surface area contributed by atoms with E-state index in [-0.39, 0.29) is 30.0 Å². The van der Waals surface area contributed by atoms with Gasteiger partial charge < -0.3 is 15.7 Å². The fourth-order valence-electron chi connectivity index (χ4n) is 2.04. The maximum absolute atomic E-state index is 11.8. The summed E-state index contributed by atoms with van der Waals surface area (Å²) in [7, 11) is 0. The molecule has 2 unspecified atom stereocenters. The zero-order valence-corrected chi connectivity index (χ0v) is 8.55. The van der Waals surface area contributed by atoms with Crippen LogP contribution in [0.3, 0.4) is 0 Å². The van der Waals surface area contributed by atoms with Crippen LogP contribution in [0.1, 0.15) is 26.2 Å². The zero-order valence-electron chi connectivity index (χ0n) is 8.55. The van der Waals surface area contributed by atoms with Crippen LogP contribution in [0.15, 0.2) is 0 Å². The molecule has 2 fully saturated rings. The lowest BCUT2D eigenvalue weighted by atomic mass is 10.0. The minimum Gasteiger partial charge on any atom is -0.394 e. The summed E-state index contributed by atoms with van der Waals surface area (Å²) in [6.45, 7) is 3.04. The standard InChI is InChI=1S/C10H18N2O2/c1-7-8(2-5-11-7)9(14)12-10(6-13)3-4-10/h7-8,11,13H,2-6H2,1H3,(H,12,14). The normalized spacial score (nSPS) is 34.1. The van der Waals surface area contributed by atoms with E-state index in [1.54, 1.807) is 0 Å². The van der Waals surface area contributed by atoms with Gasteiger partial charge in [0.25, 0.3) is 0 Å². The quantitative estimate of drug-likeness (QED) is 0.579. The average Bonchev–Trinajstić information content (AvgIpc) is 2.80. The van der Waals surface area contributed by atoms with Crippen molar-refractivity contribution in [3.05, 3.63) is 0 Å². The Morgan fingerprint density at radius 1 is 1.64 bits per heavy atom. The van der Waals surface area contributed by atoms with E-state index in [1.807, 2.05) is 6.92 Å². The van der Waals surface area contributed by atoms with Gasteiger partial charge in [0.1, 0.15) is 0 Å². The molecule has 2 atom stereocenters. The zero-order chi connectivity index (χ0) is 10.2. The van der Waals surface area contributed by atoms with E-state index in [2.05, 4.69) is 10.6 Å². The number of amides is 1. The molecule has 0 radical (unpaired) electrons. The van der Waals surface area contributed by atoms with Gasteiger partial charge in [-0.3, -0.25) is 4.79 Å². The van der Waals surface area contributed by atoms with Crippen molar-refractivity contribution >= 4 is 5.91 Å². The first-order valence-corrected chi connectivity index (χ1v) is 5.33. The molecule has 1 aliphatic carbocycles. The van der Waals surface area contributed by atoms with Crippen molar-refractivity contribution in [1.29, 1.82) is 0 Å². The molecule has 0 aromatic heterocycles. The summed E-state index contributed by atoms with van der Waals surface area (Å²) in [6.07, 6.45) is 2.75. The number of hydrogen-bond donors (Lipinski definition) is 3. The third-order valence-corrected chi connectivity index (χ3v) is 3.41. The van der Waals surface area contributed by atoms with E-state index >= 15 is 0 Å². The van der Waals surface area contributed by atoms with Gasteiger partial charge in [-0.25, -0.2) is 0 Å². The Labute approximate surface area is 84.1 Å². The lowest BCUT2D eigenvalue weighted by Crippen LogP contribution is -2.45. The summed E-state index contributed by atoms with van der Waals surface area (Å²) in [4.78, 5) is 11.8. The summed E-state index contributed by atoms with van der Waals surface area (Å²) >= 11 is 0. The Bertz CT molecular complexity index is 238. The second kappa shape index (κ2) is 3.51. The molecule has 4 heteroatoms. The number of rotatable bonds is 3. The predicted octanol–water partition coefficient (Wildman–Crippen LogP) is -0.374. The molecule has 14 heavy (non-hydrogen) atoms. The van der Waals surface area contributed by atoms with Crippen molar-refractivity contribution in [2.24, 2.45) is 5.92 Å². The monoisotopic (exact) mass is 198 g/mol. The van der Waals surface area contributed by atoms with Crippen LogP contribution in [0.25, 0.3) is 0 Å². The van der Waals surface area contributed by atoms with Crippen molar-refractivity contribution in [2.75, 3.05) is 13.2 Å². The summed E-state index contributed by atoms with van der Waals surface area (Å²) in [5.41, 5.74) is -0.264. The number of nitrogens with one attached hydrogen (secondary N) is 2. The molecule has 4 nitrogen and oxygen atoms in total. The molecule has 0 aromatic carbocycles. The lowest BCUT2D eigenvalue weighted by Gasteiger charge is -2.19. The molecular weight excluding hydrogens is 180 g/mol. The van der Waals surface area contributed by atoms with Crippen LogP contribution in [-0.4, -0.2) is 35.7 Å². The molecule has 0 spiro atoms. The Morgan fingerprint density at radius 2 is 2.36 bits per heavy atom. The molecule has 3 N–H and O–H groups in total. The van der Waals surface area contributed by atoms with Gasteiger partial charge in [0.05, 0.1) is 18.1 Å². The van der Waals surface area contributed by atoms with Crippen LogP contribution >= 0.6 is 0 Å². The van der Waals surface area contributed by atoms with Gasteiger partial charge in [0.2, 0.25) is 5.91 Å². The van der Waals surface area contributed by atoms with Crippen LogP contribution in [0.4, 0.5) is 0 Å². The number of carbonyl (C=O) groups excluding carboxylic acids is 1. The summed E-state index contributed by atoms with van der Waals surface area (Å²) in [6, 6.07) is 0.268. The highest BCUT2D eigenvalue weighted by Gasteiger charge is 2.45. The average molecular weight is 198 g/mol. The van der Waals surface area contributed by atoms with Crippen molar-refractivity contribution in [1.82, 2.24) is 10.6 Å². The fourth-order valence-corrected chi connectivity index (χ4v) is 2.04. The minimum atomic E-state index is -0.264. The van der Waals surface area contributed by atoms with E-state index in [0.717, 1.165) is 25.8 Å². The molecule has 1 saturated heterocycles. The Balaban J connectivity index is 1.89. The van der Waals surface area contributed by atoms with Crippen LogP contribution in [0, 0.1) is 5.92 Å². The van der Waals surface area contributed by atoms with Crippen LogP contribution in [0.2, 0.25) is 0 Å². The molecule has 1 amide bonds. The van der Waals surface area contributed by atoms with Gasteiger partial charge >= 0.3 is 0 Å². The molecule has 2 rings (SSSR count). The largest absolute Gasteiger partial charge is 0.394 e. The Kier molecular flexibility index (Phi) is 2.49. The molecule has 0 bridgehead atoms. The highest BCUT2D eigenvalue weighted by molar-refractivity contribution is 5.81. The first kappa shape index (κ1) is 9.93. The van der Waals surface area contributed by atoms with E-state index in [4.69, 9.17) is 5.11 Å². The maximum atomic E-state index is 11.8. The maximum Gasteiger partial charge on any atom is 0.225 e. The molecule has 0 aromatic rings. The first-order chi connectivity index (χ1) is 6.67. The van der Waals surface area contributed by atoms with E-state index < -0.39 is 0 Å². The van der Waals surface area contributed by atoms with Crippen LogP contribution < -0.4 is 10.6 Å². The second-order valence-corrected chi connectivity index (χ2v) is 4.57. The van der Waals surface area contributed by atoms with Gasteiger partial charge in [-0.1, -0.05) is 0 Å². The Hall–Kier alpha value is -0.610. The molecule has 2 aliphatic rings. The second-order valence-electron chi connectivity index (χ2n) is 4.57. The topological polar surface area (TPSA) is 61.4 Å². The van der Waals surface area contributed by atoms with Crippen molar-refractivity contribution in [2.45, 2.75) is 37.8 Å². The van der Waals surface area contributed by atoms with Gasteiger partial charge in [0, 0.05) is 6.04 Å². The van der Waals surface area contributed by atoms with E-state index in [9.17, 15) is 4.79 Å². The van der Waals surface area contributed by atoms with Crippen molar-refractivity contribution < 1.29 is 9.90 Å². The smallest absolute Gasteiger partial charge is 0.225 e. The third kappa shape index (κ3) is 1.77. The fraction of sp³-hybridized carbons (Fsp3) is 0.900. The van der Waals surface area contributed by atoms with Crippen molar-refractivity contribution in [3.63, 3.8) is 0 Å². The lowest BCUT2D eigenvalue weighted by molar-refractivity contribution is -0.126. The number of aliphatic hydroxyl groups is 1. The first-order valence-electron chi connectivity index (χ1n) is 5.33. The highest BCUT2D eigenvalue weighted by Crippen LogP contribution is 2.35. The highest BCUT2D eigenvalue weighted by atomic mass is 16.3. The molecular formula is C10H18N2O2. The van der Waals surface area contributed by atoms with Crippen molar-refractivity contribution in [3.8, 4) is 0 Å². The van der Waals surface area contributed by atoms with Gasteiger partial charge in [-0.05, 0) is 32.7 Å². The van der Waals surface area contributed by atoms with Gasteiger partial charge in [0.15, 0.2) is 0 Å². The number of hydrogen-bond acceptors (Lipinski definition) is 3. The summed E-state index contributed by atoms with van der Waals surface area (Å²) < 4.78 is 0. The van der Waals surface area contributed by atoms with E-state index in [0.29, 0.717) is 0 Å². The molecule has 1 saturated carbocycles. The number of aliphatic hydroxyl groups excluding tert-OH is 1. The molecule has 1 aliphatic heterocycles. The third-order valence-electron chi connectivity index (χ3n) is 3.41. The summed E-state index contributed by atoms with van der Waals surface area (Å²) in [5, 5.41) is 15.3. The number of carbonyl (C=O) groups is 1. The molecule has 1 heterocycles. The van der Waals surface area contributed by atoms with E-state index in [1.165, 1.54) is 0 Å². The summed E-state index contributed by atoms with van der Waals surface area (Å²) in [5.74, 6) is 0.188. The van der Waals surface area contributed by atoms with Gasteiger partial charge in [-0.15, -0.1) is 0 Å². The van der Waals surface area contributed by atoms with Gasteiger partial charge in [-0.2, -0.15) is 0 Å².